The van der Waals surface area contributed by atoms with Crippen LogP contribution in [0.1, 0.15) is 30.5 Å². The Hall–Kier alpha value is -2.63. The standard InChI is InChI=1S/C20H22FN5/c21-14-4-5-17-15(10-14)16-12-26(9-6-18(16)24-17)20-11-19(22-13-23-20)25-7-2-1-3-8-25/h4-5,10-11,13,24H,1-3,6-9,12H2. The van der Waals surface area contributed by atoms with Crippen LogP contribution in [0.25, 0.3) is 10.9 Å². The molecular formula is C20H22FN5. The Balaban J connectivity index is 1.45. The fourth-order valence-corrected chi connectivity index (χ4v) is 4.19. The highest BCUT2D eigenvalue weighted by Gasteiger charge is 2.23. The zero-order chi connectivity index (χ0) is 17.5. The van der Waals surface area contributed by atoms with E-state index in [0.29, 0.717) is 0 Å². The SMILES string of the molecule is Fc1ccc2[nH]c3c(c2c1)CN(c1cc(N2CCCCC2)ncn1)CC3. The van der Waals surface area contributed by atoms with Gasteiger partial charge in [-0.15, -0.1) is 0 Å². The van der Waals surface area contributed by atoms with Gasteiger partial charge in [-0.25, -0.2) is 14.4 Å². The van der Waals surface area contributed by atoms with Gasteiger partial charge in [-0.2, -0.15) is 0 Å². The van der Waals surface area contributed by atoms with Crippen LogP contribution >= 0.6 is 0 Å². The van der Waals surface area contributed by atoms with Crippen molar-refractivity contribution in [2.45, 2.75) is 32.2 Å². The van der Waals surface area contributed by atoms with E-state index in [4.69, 9.17) is 0 Å². The maximum atomic E-state index is 13.7. The number of aromatic nitrogens is 3. The number of halogens is 1. The van der Waals surface area contributed by atoms with Crippen molar-refractivity contribution in [1.82, 2.24) is 15.0 Å². The highest BCUT2D eigenvalue weighted by Crippen LogP contribution is 2.31. The molecule has 2 aromatic heterocycles. The Morgan fingerprint density at radius 2 is 1.73 bits per heavy atom. The lowest BCUT2D eigenvalue weighted by atomic mass is 10.0. The van der Waals surface area contributed by atoms with E-state index >= 15 is 0 Å². The van der Waals surface area contributed by atoms with Gasteiger partial charge in [0.25, 0.3) is 0 Å². The smallest absolute Gasteiger partial charge is 0.134 e. The van der Waals surface area contributed by atoms with Gasteiger partial charge in [0.15, 0.2) is 0 Å². The van der Waals surface area contributed by atoms with Crippen LogP contribution in [0, 0.1) is 5.82 Å². The normalized spacial score (nSPS) is 17.6. The van der Waals surface area contributed by atoms with Gasteiger partial charge in [0, 0.05) is 60.8 Å². The quantitative estimate of drug-likeness (QED) is 0.766. The average Bonchev–Trinajstić information content (AvgIpc) is 3.06. The first-order valence-electron chi connectivity index (χ1n) is 9.39. The van der Waals surface area contributed by atoms with E-state index in [1.165, 1.54) is 36.6 Å². The van der Waals surface area contributed by atoms with E-state index in [2.05, 4.69) is 30.8 Å². The molecule has 0 unspecified atom stereocenters. The minimum Gasteiger partial charge on any atom is -0.358 e. The lowest BCUT2D eigenvalue weighted by Crippen LogP contribution is -2.32. The van der Waals surface area contributed by atoms with Crippen molar-refractivity contribution >= 4 is 22.5 Å². The third-order valence-electron chi connectivity index (χ3n) is 5.58. The van der Waals surface area contributed by atoms with Gasteiger partial charge >= 0.3 is 0 Å². The van der Waals surface area contributed by atoms with Crippen molar-refractivity contribution < 1.29 is 4.39 Å². The van der Waals surface area contributed by atoms with Gasteiger partial charge in [-0.3, -0.25) is 0 Å². The van der Waals surface area contributed by atoms with E-state index in [0.717, 1.165) is 55.1 Å². The zero-order valence-electron chi connectivity index (χ0n) is 14.7. The van der Waals surface area contributed by atoms with Crippen LogP contribution < -0.4 is 9.80 Å². The summed E-state index contributed by atoms with van der Waals surface area (Å²) in [6, 6.07) is 7.07. The molecule has 1 saturated heterocycles. The molecule has 0 amide bonds. The van der Waals surface area contributed by atoms with Gasteiger partial charge < -0.3 is 14.8 Å². The Bertz CT molecular complexity index is 945. The van der Waals surface area contributed by atoms with Gasteiger partial charge in [-0.1, -0.05) is 0 Å². The summed E-state index contributed by atoms with van der Waals surface area (Å²) in [5.41, 5.74) is 3.41. The molecule has 0 saturated carbocycles. The molecule has 0 spiro atoms. The van der Waals surface area contributed by atoms with Crippen molar-refractivity contribution in [3.05, 3.63) is 47.7 Å². The number of fused-ring (bicyclic) bond motifs is 3. The second kappa shape index (κ2) is 6.27. The second-order valence-corrected chi connectivity index (χ2v) is 7.23. The Labute approximate surface area is 151 Å². The van der Waals surface area contributed by atoms with Crippen molar-refractivity contribution in [2.24, 2.45) is 0 Å². The number of hydrogen-bond acceptors (Lipinski definition) is 4. The molecule has 26 heavy (non-hydrogen) atoms. The molecule has 0 atom stereocenters. The summed E-state index contributed by atoms with van der Waals surface area (Å²) < 4.78 is 13.7. The minimum absolute atomic E-state index is 0.189. The molecule has 2 aliphatic heterocycles. The lowest BCUT2D eigenvalue weighted by Gasteiger charge is -2.31. The van der Waals surface area contributed by atoms with Crippen molar-refractivity contribution in [3.63, 3.8) is 0 Å². The summed E-state index contributed by atoms with van der Waals surface area (Å²) in [5.74, 6) is 1.79. The van der Waals surface area contributed by atoms with Crippen molar-refractivity contribution in [1.29, 1.82) is 0 Å². The molecule has 2 aliphatic rings. The van der Waals surface area contributed by atoms with Crippen LogP contribution in [-0.2, 0) is 13.0 Å². The van der Waals surface area contributed by atoms with Crippen LogP contribution in [-0.4, -0.2) is 34.6 Å². The first-order chi connectivity index (χ1) is 12.8. The van der Waals surface area contributed by atoms with E-state index in [1.807, 2.05) is 6.07 Å². The molecular weight excluding hydrogens is 329 g/mol. The third kappa shape index (κ3) is 2.69. The van der Waals surface area contributed by atoms with E-state index < -0.39 is 0 Å². The van der Waals surface area contributed by atoms with Crippen LogP contribution in [0.3, 0.4) is 0 Å². The molecule has 6 heteroatoms. The molecule has 3 aromatic rings. The summed E-state index contributed by atoms with van der Waals surface area (Å²) in [6.07, 6.45) is 6.35. The predicted octanol–water partition coefficient (Wildman–Crippen LogP) is 3.65. The lowest BCUT2D eigenvalue weighted by molar-refractivity contribution is 0.572. The van der Waals surface area contributed by atoms with Gasteiger partial charge in [0.1, 0.15) is 23.8 Å². The van der Waals surface area contributed by atoms with Gasteiger partial charge in [0.2, 0.25) is 0 Å². The number of H-pyrrole nitrogens is 1. The van der Waals surface area contributed by atoms with Crippen LogP contribution in [0.2, 0.25) is 0 Å². The molecule has 4 heterocycles. The molecule has 0 aliphatic carbocycles. The minimum atomic E-state index is -0.189. The number of rotatable bonds is 2. The summed E-state index contributed by atoms with van der Waals surface area (Å²) >= 11 is 0. The number of nitrogens with zero attached hydrogens (tertiary/aromatic N) is 4. The topological polar surface area (TPSA) is 48.1 Å². The first-order valence-corrected chi connectivity index (χ1v) is 9.39. The average molecular weight is 351 g/mol. The molecule has 1 aromatic carbocycles. The molecule has 5 nitrogen and oxygen atoms in total. The molecule has 1 fully saturated rings. The molecule has 0 bridgehead atoms. The highest BCUT2D eigenvalue weighted by atomic mass is 19.1. The number of hydrogen-bond donors (Lipinski definition) is 1. The largest absolute Gasteiger partial charge is 0.358 e. The van der Waals surface area contributed by atoms with E-state index in [1.54, 1.807) is 12.4 Å². The summed E-state index contributed by atoms with van der Waals surface area (Å²) in [6.45, 7) is 3.79. The zero-order valence-corrected chi connectivity index (χ0v) is 14.7. The number of benzene rings is 1. The molecule has 1 N–H and O–H groups in total. The van der Waals surface area contributed by atoms with Crippen molar-refractivity contribution in [3.8, 4) is 0 Å². The number of anilines is 2. The Morgan fingerprint density at radius 3 is 2.58 bits per heavy atom. The highest BCUT2D eigenvalue weighted by molar-refractivity contribution is 5.85. The maximum absolute atomic E-state index is 13.7. The van der Waals surface area contributed by atoms with E-state index in [-0.39, 0.29) is 5.82 Å². The molecule has 0 radical (unpaired) electrons. The van der Waals surface area contributed by atoms with Gasteiger partial charge in [-0.05, 0) is 37.5 Å². The van der Waals surface area contributed by atoms with Crippen LogP contribution in [0.15, 0.2) is 30.6 Å². The molecule has 134 valence electrons. The monoisotopic (exact) mass is 351 g/mol. The summed E-state index contributed by atoms with van der Waals surface area (Å²) in [7, 11) is 0. The van der Waals surface area contributed by atoms with E-state index in [9.17, 15) is 4.39 Å². The predicted molar refractivity (Wildman–Crippen MR) is 101 cm³/mol. The number of piperidine rings is 1. The number of aromatic amines is 1. The fraction of sp³-hybridized carbons (Fsp3) is 0.400. The Kier molecular flexibility index (Phi) is 3.76. The van der Waals surface area contributed by atoms with Crippen molar-refractivity contribution in [2.75, 3.05) is 29.4 Å². The molecule has 5 rings (SSSR count). The third-order valence-corrected chi connectivity index (χ3v) is 5.58. The fourth-order valence-electron chi connectivity index (χ4n) is 4.19. The summed E-state index contributed by atoms with van der Waals surface area (Å²) in [5, 5.41) is 0.981. The Morgan fingerprint density at radius 1 is 0.923 bits per heavy atom. The summed E-state index contributed by atoms with van der Waals surface area (Å²) in [4.78, 5) is 17.1. The maximum Gasteiger partial charge on any atom is 0.134 e. The van der Waals surface area contributed by atoms with Crippen LogP contribution in [0.4, 0.5) is 16.0 Å². The first kappa shape index (κ1) is 15.6. The second-order valence-electron chi connectivity index (χ2n) is 7.23. The number of nitrogens with one attached hydrogen (secondary N) is 1. The van der Waals surface area contributed by atoms with Crippen LogP contribution in [0.5, 0.6) is 0 Å². The van der Waals surface area contributed by atoms with Gasteiger partial charge in [0.05, 0.1) is 0 Å².